The molecule has 21 heavy (non-hydrogen) atoms. The van der Waals surface area contributed by atoms with Crippen LogP contribution in [-0.4, -0.2) is 40.4 Å². The van der Waals surface area contributed by atoms with Crippen molar-refractivity contribution in [3.63, 3.8) is 0 Å². The molecule has 0 atom stereocenters. The highest BCUT2D eigenvalue weighted by atomic mass is 16.5. The quantitative estimate of drug-likeness (QED) is 0.200. The van der Waals surface area contributed by atoms with E-state index in [1.165, 1.54) is 0 Å². The molecular formula is C15H25N3O3. The molecule has 6 nitrogen and oxygen atoms in total. The molecule has 1 aromatic rings. The summed E-state index contributed by atoms with van der Waals surface area (Å²) >= 11 is 0. The second-order valence-corrected chi connectivity index (χ2v) is 5.97. The number of ether oxygens (including phenoxy) is 1. The third-order valence-electron chi connectivity index (χ3n) is 3.73. The molecular weight excluding hydrogens is 270 g/mol. The van der Waals surface area contributed by atoms with Crippen LogP contribution in [0.15, 0.2) is 29.4 Å². The molecule has 0 amide bonds. The smallest absolute Gasteiger partial charge is 0.170 e. The van der Waals surface area contributed by atoms with Crippen LogP contribution in [0.5, 0.6) is 5.75 Å². The third kappa shape index (κ3) is 4.91. The Kier molecular flexibility index (Phi) is 5.57. The Bertz CT molecular complexity index is 476. The highest BCUT2D eigenvalue weighted by Gasteiger charge is 2.34. The van der Waals surface area contributed by atoms with Gasteiger partial charge in [-0.25, -0.2) is 0 Å². The van der Waals surface area contributed by atoms with E-state index in [2.05, 4.69) is 10.5 Å². The van der Waals surface area contributed by atoms with E-state index in [-0.39, 0.29) is 5.84 Å². The molecule has 0 heterocycles. The zero-order valence-corrected chi connectivity index (χ0v) is 13.1. The number of amidine groups is 1. The first-order valence-corrected chi connectivity index (χ1v) is 6.85. The number of aliphatic hydroxyl groups is 1. The van der Waals surface area contributed by atoms with Crippen LogP contribution in [0.1, 0.15) is 33.3 Å². The first-order valence-electron chi connectivity index (χ1n) is 6.85. The maximum atomic E-state index is 10.0. The summed E-state index contributed by atoms with van der Waals surface area (Å²) in [6.45, 7) is 8.51. The normalized spacial score (nSPS) is 13.3. The number of oxime groups is 1. The monoisotopic (exact) mass is 295 g/mol. The van der Waals surface area contributed by atoms with E-state index in [1.54, 1.807) is 38.1 Å². The fraction of sp³-hybridized carbons (Fsp3) is 0.533. The lowest BCUT2D eigenvalue weighted by molar-refractivity contribution is -0.00550. The highest BCUT2D eigenvalue weighted by Crippen LogP contribution is 2.20. The van der Waals surface area contributed by atoms with E-state index in [9.17, 15) is 5.11 Å². The maximum absolute atomic E-state index is 10.0. The van der Waals surface area contributed by atoms with E-state index in [0.29, 0.717) is 24.5 Å². The first kappa shape index (κ1) is 17.3. The molecule has 0 saturated carbocycles. The molecule has 0 saturated heterocycles. The van der Waals surface area contributed by atoms with Crippen molar-refractivity contribution >= 4 is 5.84 Å². The van der Waals surface area contributed by atoms with Crippen molar-refractivity contribution in [1.82, 2.24) is 5.32 Å². The minimum Gasteiger partial charge on any atom is -0.492 e. The second-order valence-electron chi connectivity index (χ2n) is 5.97. The summed E-state index contributed by atoms with van der Waals surface area (Å²) in [6, 6.07) is 6.96. The standard InChI is InChI=1S/C15H25N3O3/c1-14(2,15(3,4)19)17-9-10-21-12-7-5-11(6-8-12)13(16)18-20/h5-8,17,19-20H,9-10H2,1-4H3,(H2,16,18). The minimum atomic E-state index is -0.824. The Balaban J connectivity index is 2.43. The number of benzene rings is 1. The van der Waals surface area contributed by atoms with E-state index in [4.69, 9.17) is 15.7 Å². The number of nitrogens with two attached hydrogens (primary N) is 1. The average molecular weight is 295 g/mol. The molecule has 0 aliphatic heterocycles. The third-order valence-corrected chi connectivity index (χ3v) is 3.73. The van der Waals surface area contributed by atoms with Gasteiger partial charge in [0.05, 0.1) is 5.60 Å². The summed E-state index contributed by atoms with van der Waals surface area (Å²) in [5.41, 5.74) is 4.88. The van der Waals surface area contributed by atoms with Gasteiger partial charge in [-0.2, -0.15) is 0 Å². The molecule has 1 aromatic carbocycles. The van der Waals surface area contributed by atoms with Crippen LogP contribution in [0.2, 0.25) is 0 Å². The van der Waals surface area contributed by atoms with Crippen LogP contribution in [0, 0.1) is 0 Å². The Morgan fingerprint density at radius 2 is 1.81 bits per heavy atom. The molecule has 118 valence electrons. The molecule has 0 aliphatic carbocycles. The van der Waals surface area contributed by atoms with E-state index >= 15 is 0 Å². The van der Waals surface area contributed by atoms with Gasteiger partial charge in [-0.05, 0) is 52.0 Å². The van der Waals surface area contributed by atoms with Crippen molar-refractivity contribution in [2.75, 3.05) is 13.2 Å². The van der Waals surface area contributed by atoms with Gasteiger partial charge in [0.1, 0.15) is 12.4 Å². The van der Waals surface area contributed by atoms with Crippen LogP contribution >= 0.6 is 0 Å². The molecule has 1 rings (SSSR count). The summed E-state index contributed by atoms with van der Waals surface area (Å²) in [4.78, 5) is 0. The summed E-state index contributed by atoms with van der Waals surface area (Å²) in [6.07, 6.45) is 0. The van der Waals surface area contributed by atoms with Gasteiger partial charge in [-0.3, -0.25) is 0 Å². The lowest BCUT2D eigenvalue weighted by atomic mass is 9.86. The van der Waals surface area contributed by atoms with E-state index < -0.39 is 11.1 Å². The van der Waals surface area contributed by atoms with Crippen molar-refractivity contribution in [1.29, 1.82) is 0 Å². The number of nitrogens with zero attached hydrogens (tertiary/aromatic N) is 1. The predicted molar refractivity (Wildman–Crippen MR) is 82.8 cm³/mol. The predicted octanol–water partition coefficient (Wildman–Crippen LogP) is 1.30. The van der Waals surface area contributed by atoms with Gasteiger partial charge in [-0.1, -0.05) is 5.16 Å². The SMILES string of the molecule is CC(C)(O)C(C)(C)NCCOc1ccc(/C(N)=N/O)cc1. The van der Waals surface area contributed by atoms with Gasteiger partial charge >= 0.3 is 0 Å². The van der Waals surface area contributed by atoms with Gasteiger partial charge < -0.3 is 26.1 Å². The zero-order valence-electron chi connectivity index (χ0n) is 13.1. The molecule has 0 bridgehead atoms. The second kappa shape index (κ2) is 6.78. The van der Waals surface area contributed by atoms with Crippen LogP contribution in [0.25, 0.3) is 0 Å². The lowest BCUT2D eigenvalue weighted by Crippen LogP contribution is -2.56. The number of rotatable bonds is 7. The minimum absolute atomic E-state index is 0.0649. The van der Waals surface area contributed by atoms with Crippen LogP contribution in [0.3, 0.4) is 0 Å². The molecule has 0 spiro atoms. The summed E-state index contributed by atoms with van der Waals surface area (Å²) in [5.74, 6) is 0.766. The largest absolute Gasteiger partial charge is 0.492 e. The Hall–Kier alpha value is -1.79. The molecule has 0 aliphatic rings. The van der Waals surface area contributed by atoms with Crippen molar-refractivity contribution in [3.05, 3.63) is 29.8 Å². The fourth-order valence-electron chi connectivity index (χ4n) is 1.53. The molecule has 6 heteroatoms. The molecule has 0 unspecified atom stereocenters. The van der Waals surface area contributed by atoms with Crippen molar-refractivity contribution in [2.45, 2.75) is 38.8 Å². The number of hydrogen-bond acceptors (Lipinski definition) is 5. The van der Waals surface area contributed by atoms with Crippen LogP contribution in [0.4, 0.5) is 0 Å². The average Bonchev–Trinajstić information content (AvgIpc) is 2.42. The van der Waals surface area contributed by atoms with Gasteiger partial charge in [-0.15, -0.1) is 0 Å². The van der Waals surface area contributed by atoms with Gasteiger partial charge in [0, 0.05) is 17.6 Å². The van der Waals surface area contributed by atoms with Crippen molar-refractivity contribution in [3.8, 4) is 5.75 Å². The molecule has 0 aromatic heterocycles. The Labute approximate surface area is 125 Å². The van der Waals surface area contributed by atoms with Crippen molar-refractivity contribution in [2.24, 2.45) is 10.9 Å². The maximum Gasteiger partial charge on any atom is 0.170 e. The fourth-order valence-corrected chi connectivity index (χ4v) is 1.53. The summed E-state index contributed by atoms with van der Waals surface area (Å²) in [7, 11) is 0. The number of hydrogen-bond donors (Lipinski definition) is 4. The lowest BCUT2D eigenvalue weighted by Gasteiger charge is -2.38. The van der Waals surface area contributed by atoms with E-state index in [0.717, 1.165) is 0 Å². The number of nitrogens with one attached hydrogen (secondary N) is 1. The zero-order chi connectivity index (χ0) is 16.1. The Morgan fingerprint density at radius 3 is 2.29 bits per heavy atom. The molecule has 0 radical (unpaired) electrons. The highest BCUT2D eigenvalue weighted by molar-refractivity contribution is 5.97. The van der Waals surface area contributed by atoms with E-state index in [1.807, 2.05) is 13.8 Å². The first-order chi connectivity index (χ1) is 9.67. The van der Waals surface area contributed by atoms with Gasteiger partial charge in [0.15, 0.2) is 5.84 Å². The van der Waals surface area contributed by atoms with Gasteiger partial charge in [0.2, 0.25) is 0 Å². The van der Waals surface area contributed by atoms with Crippen LogP contribution < -0.4 is 15.8 Å². The Morgan fingerprint density at radius 1 is 1.24 bits per heavy atom. The summed E-state index contributed by atoms with van der Waals surface area (Å²) in [5, 5.41) is 24.8. The topological polar surface area (TPSA) is 100 Å². The molecule has 0 fully saturated rings. The molecule has 5 N–H and O–H groups in total. The van der Waals surface area contributed by atoms with Gasteiger partial charge in [0.25, 0.3) is 0 Å². The van der Waals surface area contributed by atoms with Crippen molar-refractivity contribution < 1.29 is 15.1 Å². The van der Waals surface area contributed by atoms with Crippen LogP contribution in [-0.2, 0) is 0 Å². The summed E-state index contributed by atoms with van der Waals surface area (Å²) < 4.78 is 5.60.